The Morgan fingerprint density at radius 3 is 2.06 bits per heavy atom. The van der Waals surface area contributed by atoms with Crippen LogP contribution in [0.1, 0.15) is 65.2 Å². The summed E-state index contributed by atoms with van der Waals surface area (Å²) in [7, 11) is 0. The topological polar surface area (TPSA) is 61.3 Å². The highest BCUT2D eigenvalue weighted by atomic mass is 19.1. The molecule has 2 rings (SSSR count). The van der Waals surface area contributed by atoms with Crippen molar-refractivity contribution in [3.8, 4) is 11.1 Å². The molecule has 0 aromatic heterocycles. The second kappa shape index (κ2) is 16.4. The lowest BCUT2D eigenvalue weighted by Crippen LogP contribution is -1.97. The fraction of sp³-hybridized carbons (Fsp3) is 0.333. The minimum absolute atomic E-state index is 0.326. The van der Waals surface area contributed by atoms with Gasteiger partial charge in [-0.3, -0.25) is 0 Å². The van der Waals surface area contributed by atoms with Gasteiger partial charge in [0.05, 0.1) is 6.26 Å². The summed E-state index contributed by atoms with van der Waals surface area (Å²) in [5.74, 6) is -0.326. The van der Waals surface area contributed by atoms with Gasteiger partial charge < -0.3 is 16.2 Å². The molecule has 0 aliphatic heterocycles. The minimum atomic E-state index is -0.326. The number of allylic oxidation sites excluding steroid dienone is 5. The molecule has 0 heterocycles. The van der Waals surface area contributed by atoms with E-state index < -0.39 is 0 Å². The van der Waals surface area contributed by atoms with Crippen LogP contribution in [0.2, 0.25) is 0 Å². The van der Waals surface area contributed by atoms with Gasteiger partial charge in [-0.15, -0.1) is 0 Å². The highest BCUT2D eigenvalue weighted by Crippen LogP contribution is 2.32. The molecule has 0 amide bonds. The number of halogens is 1. The zero-order valence-corrected chi connectivity index (χ0v) is 22.4. The maximum absolute atomic E-state index is 14.3. The fourth-order valence-corrected chi connectivity index (χ4v) is 2.79. The summed E-state index contributed by atoms with van der Waals surface area (Å²) in [5, 5.41) is 0. The van der Waals surface area contributed by atoms with Crippen LogP contribution in [0.4, 0.5) is 10.1 Å². The Labute approximate surface area is 206 Å². The maximum Gasteiger partial charge on any atom is 0.133 e. The molecule has 0 bridgehead atoms. The molecule has 3 nitrogen and oxygen atoms in total. The Morgan fingerprint density at radius 1 is 0.941 bits per heavy atom. The van der Waals surface area contributed by atoms with E-state index >= 15 is 0 Å². The lowest BCUT2D eigenvalue weighted by atomic mass is 9.91. The molecule has 4 N–H and O–H groups in total. The molecule has 2 aromatic carbocycles. The van der Waals surface area contributed by atoms with Crippen LogP contribution in [0, 0.1) is 19.7 Å². The molecule has 0 aliphatic rings. The zero-order valence-electron chi connectivity index (χ0n) is 22.4. The van der Waals surface area contributed by atoms with E-state index in [4.69, 9.17) is 16.2 Å². The molecule has 34 heavy (non-hydrogen) atoms. The summed E-state index contributed by atoms with van der Waals surface area (Å²) < 4.78 is 19.8. The van der Waals surface area contributed by atoms with E-state index in [9.17, 15) is 4.39 Å². The van der Waals surface area contributed by atoms with Crippen molar-refractivity contribution in [2.75, 3.05) is 12.3 Å². The first-order valence-corrected chi connectivity index (χ1v) is 11.7. The molecule has 0 aliphatic carbocycles. The number of hydrogen-bond acceptors (Lipinski definition) is 3. The summed E-state index contributed by atoms with van der Waals surface area (Å²) in [6, 6.07) is 8.75. The minimum Gasteiger partial charge on any atom is -0.497 e. The van der Waals surface area contributed by atoms with Crippen molar-refractivity contribution < 1.29 is 9.13 Å². The van der Waals surface area contributed by atoms with Crippen molar-refractivity contribution in [2.24, 2.45) is 5.73 Å². The van der Waals surface area contributed by atoms with Gasteiger partial charge in [-0.05, 0) is 101 Å². The predicted octanol–water partition coefficient (Wildman–Crippen LogP) is 8.49. The van der Waals surface area contributed by atoms with E-state index in [1.165, 1.54) is 17.2 Å². The molecule has 0 spiro atoms. The molecule has 0 fully saturated rings. The zero-order chi connectivity index (χ0) is 26.3. The van der Waals surface area contributed by atoms with Crippen molar-refractivity contribution in [3.05, 3.63) is 94.7 Å². The highest BCUT2D eigenvalue weighted by molar-refractivity contribution is 5.80. The van der Waals surface area contributed by atoms with Crippen LogP contribution in [0.25, 0.3) is 16.7 Å². The van der Waals surface area contributed by atoms with E-state index in [-0.39, 0.29) is 5.82 Å². The molecule has 2 aromatic rings. The average molecular weight is 467 g/mol. The van der Waals surface area contributed by atoms with E-state index in [0.29, 0.717) is 17.9 Å². The summed E-state index contributed by atoms with van der Waals surface area (Å²) in [4.78, 5) is 0. The van der Waals surface area contributed by atoms with Crippen LogP contribution < -0.4 is 11.5 Å². The Balaban J connectivity index is 0.00000138. The lowest BCUT2D eigenvalue weighted by molar-refractivity contribution is 0.289. The fourth-order valence-electron chi connectivity index (χ4n) is 2.79. The summed E-state index contributed by atoms with van der Waals surface area (Å²) >= 11 is 0. The third-order valence-corrected chi connectivity index (χ3v) is 4.85. The van der Waals surface area contributed by atoms with E-state index in [1.54, 1.807) is 24.6 Å². The van der Waals surface area contributed by atoms with Crippen molar-refractivity contribution in [2.45, 2.75) is 62.3 Å². The lowest BCUT2D eigenvalue weighted by Gasteiger charge is -2.14. The smallest absolute Gasteiger partial charge is 0.133 e. The number of nitrogens with two attached hydrogens (primary N) is 2. The Bertz CT molecular complexity index is 1020. The molecule has 0 atom stereocenters. The van der Waals surface area contributed by atoms with Gasteiger partial charge in [0, 0.05) is 23.0 Å². The van der Waals surface area contributed by atoms with Gasteiger partial charge in [-0.2, -0.15) is 0 Å². The van der Waals surface area contributed by atoms with Gasteiger partial charge in [-0.25, -0.2) is 4.39 Å². The Morgan fingerprint density at radius 2 is 1.56 bits per heavy atom. The third-order valence-electron chi connectivity index (χ3n) is 4.85. The Kier molecular flexibility index (Phi) is 14.8. The van der Waals surface area contributed by atoms with Crippen LogP contribution in [0.3, 0.4) is 0 Å². The van der Waals surface area contributed by atoms with Gasteiger partial charge in [0.25, 0.3) is 0 Å². The molecule has 186 valence electrons. The van der Waals surface area contributed by atoms with E-state index in [2.05, 4.69) is 19.9 Å². The third kappa shape index (κ3) is 10.6. The molecule has 0 radical (unpaired) electrons. The van der Waals surface area contributed by atoms with Crippen molar-refractivity contribution in [1.82, 2.24) is 0 Å². The molecule has 4 heteroatoms. The van der Waals surface area contributed by atoms with Crippen LogP contribution >= 0.6 is 0 Å². The first-order valence-electron chi connectivity index (χ1n) is 11.7. The number of hydrogen-bond donors (Lipinski definition) is 2. The molecule has 0 unspecified atom stereocenters. The monoisotopic (exact) mass is 466 g/mol. The van der Waals surface area contributed by atoms with Crippen molar-refractivity contribution in [3.63, 3.8) is 0 Å². The molecule has 0 saturated carbocycles. The first kappa shape index (κ1) is 30.7. The summed E-state index contributed by atoms with van der Waals surface area (Å²) in [6.07, 6.45) is 9.11. The molecular weight excluding hydrogens is 423 g/mol. The number of nitrogen functional groups attached to an aromatic ring is 1. The summed E-state index contributed by atoms with van der Waals surface area (Å²) in [6.45, 7) is 18.7. The standard InChI is InChI=1S/C23H27FN2O.C5H10.C2H6/c1-15(2)7-9-27-10-8-18(14-25)21-11-17(4)22(12-16(21)3)20-6-5-19(26)13-23(20)24;1-4-5(2)3;1-2/h5-8,10-14H,9,25-26H2,1-4H3;4H,1-3H3;1-2H3/b10-8-,18-14+;;. The van der Waals surface area contributed by atoms with Crippen LogP contribution in [0.15, 0.2) is 72.2 Å². The SMILES string of the molecule is CC.CC(C)=CCO/C=C\C(=C/N)c1cc(C)c(-c2ccc(N)cc2F)cc1C.CC=C(C)C. The van der Waals surface area contributed by atoms with Gasteiger partial charge in [-0.1, -0.05) is 43.2 Å². The number of rotatable bonds is 6. The number of ether oxygens (including phenoxy) is 1. The number of aryl methyl sites for hydroxylation is 2. The van der Waals surface area contributed by atoms with Gasteiger partial charge in [0.2, 0.25) is 0 Å². The van der Waals surface area contributed by atoms with Crippen molar-refractivity contribution >= 4 is 11.3 Å². The number of benzene rings is 2. The van der Waals surface area contributed by atoms with Gasteiger partial charge >= 0.3 is 0 Å². The van der Waals surface area contributed by atoms with E-state index in [0.717, 1.165) is 27.8 Å². The van der Waals surface area contributed by atoms with Crippen LogP contribution in [0.5, 0.6) is 0 Å². The summed E-state index contributed by atoms with van der Waals surface area (Å²) in [5.41, 5.74) is 19.6. The van der Waals surface area contributed by atoms with E-state index in [1.807, 2.05) is 72.8 Å². The second-order valence-electron chi connectivity index (χ2n) is 8.13. The second-order valence-corrected chi connectivity index (χ2v) is 8.13. The van der Waals surface area contributed by atoms with Gasteiger partial charge in [0.1, 0.15) is 12.4 Å². The van der Waals surface area contributed by atoms with Crippen LogP contribution in [-0.4, -0.2) is 6.61 Å². The Hall–Kier alpha value is -3.27. The highest BCUT2D eigenvalue weighted by Gasteiger charge is 2.12. The number of anilines is 1. The quantitative estimate of drug-likeness (QED) is 0.147. The normalized spacial score (nSPS) is 10.5. The molecular formula is C30H43FN2O. The van der Waals surface area contributed by atoms with Crippen LogP contribution in [-0.2, 0) is 4.74 Å². The van der Waals surface area contributed by atoms with Gasteiger partial charge in [0.15, 0.2) is 0 Å². The first-order chi connectivity index (χ1) is 16.1. The molecule has 0 saturated heterocycles. The van der Waals surface area contributed by atoms with Crippen molar-refractivity contribution in [1.29, 1.82) is 0 Å². The maximum atomic E-state index is 14.3. The average Bonchev–Trinajstić information content (AvgIpc) is 2.79. The predicted molar refractivity (Wildman–Crippen MR) is 149 cm³/mol. The largest absolute Gasteiger partial charge is 0.497 e.